The van der Waals surface area contributed by atoms with Crippen molar-refractivity contribution in [3.8, 4) is 11.3 Å². The summed E-state index contributed by atoms with van der Waals surface area (Å²) in [4.78, 5) is 16.1. The number of nitrogens with zero attached hydrogens (tertiary/aromatic N) is 2. The van der Waals surface area contributed by atoms with Gasteiger partial charge in [-0.25, -0.2) is 4.98 Å². The van der Waals surface area contributed by atoms with Crippen LogP contribution in [0.25, 0.3) is 22.0 Å². The van der Waals surface area contributed by atoms with E-state index in [0.29, 0.717) is 11.5 Å². The van der Waals surface area contributed by atoms with Crippen LogP contribution in [0.2, 0.25) is 0 Å². The van der Waals surface area contributed by atoms with E-state index < -0.39 is 0 Å². The number of nitrogen functional groups attached to an aromatic ring is 2. The Morgan fingerprint density at radius 2 is 1.95 bits per heavy atom. The molecule has 4 N–H and O–H groups in total. The van der Waals surface area contributed by atoms with Gasteiger partial charge < -0.3 is 16.0 Å². The molecule has 2 aromatic heterocycles. The molecule has 112 valence electrons. The van der Waals surface area contributed by atoms with Crippen molar-refractivity contribution in [2.75, 3.05) is 11.5 Å². The Bertz CT molecular complexity index is 928. The monoisotopic (exact) mass is 294 g/mol. The summed E-state index contributed by atoms with van der Waals surface area (Å²) in [6, 6.07) is 9.14. The summed E-state index contributed by atoms with van der Waals surface area (Å²) in [5.74, 6) is 0.446. The Balaban J connectivity index is 2.36. The van der Waals surface area contributed by atoms with Gasteiger partial charge in [0.1, 0.15) is 5.82 Å². The Kier molecular flexibility index (Phi) is 3.33. The standard InChI is InChI=1S/C17H18N4O/c1-3-10-4-5-16(22)21(2)17(10)12-6-11-8-15(19)20-9-13(11)14(18)7-12/h4-9H,3,18H2,1-2H3,(H2,19,20). The number of pyridine rings is 2. The van der Waals surface area contributed by atoms with Crippen LogP contribution in [0.3, 0.4) is 0 Å². The first-order chi connectivity index (χ1) is 10.5. The minimum absolute atomic E-state index is 0.0416. The molecule has 0 saturated carbocycles. The Morgan fingerprint density at radius 3 is 2.68 bits per heavy atom. The van der Waals surface area contributed by atoms with E-state index in [4.69, 9.17) is 11.5 Å². The molecule has 3 rings (SSSR count). The van der Waals surface area contributed by atoms with E-state index >= 15 is 0 Å². The van der Waals surface area contributed by atoms with Gasteiger partial charge in [0, 0.05) is 35.9 Å². The van der Waals surface area contributed by atoms with Gasteiger partial charge in [0.05, 0.1) is 5.69 Å². The molecule has 3 aromatic rings. The second-order valence-electron chi connectivity index (χ2n) is 5.35. The van der Waals surface area contributed by atoms with Crippen molar-refractivity contribution >= 4 is 22.3 Å². The van der Waals surface area contributed by atoms with Crippen LogP contribution in [0.15, 0.2) is 41.3 Å². The van der Waals surface area contributed by atoms with Crippen LogP contribution in [-0.2, 0) is 13.5 Å². The lowest BCUT2D eigenvalue weighted by Crippen LogP contribution is -2.18. The molecule has 1 aromatic carbocycles. The van der Waals surface area contributed by atoms with E-state index in [2.05, 4.69) is 11.9 Å². The van der Waals surface area contributed by atoms with Crippen molar-refractivity contribution in [1.29, 1.82) is 0 Å². The summed E-state index contributed by atoms with van der Waals surface area (Å²) in [6.45, 7) is 2.07. The molecule has 0 fully saturated rings. The van der Waals surface area contributed by atoms with E-state index in [1.807, 2.05) is 18.2 Å². The number of hydrogen-bond acceptors (Lipinski definition) is 4. The molecule has 5 nitrogen and oxygen atoms in total. The largest absolute Gasteiger partial charge is 0.398 e. The van der Waals surface area contributed by atoms with Gasteiger partial charge in [0.15, 0.2) is 0 Å². The van der Waals surface area contributed by atoms with E-state index in [1.54, 1.807) is 29.9 Å². The zero-order chi connectivity index (χ0) is 15.9. The first kappa shape index (κ1) is 14.1. The maximum atomic E-state index is 12.0. The number of hydrogen-bond donors (Lipinski definition) is 2. The van der Waals surface area contributed by atoms with Crippen LogP contribution in [0.5, 0.6) is 0 Å². The molecular weight excluding hydrogens is 276 g/mol. The Morgan fingerprint density at radius 1 is 1.18 bits per heavy atom. The third-order valence-corrected chi connectivity index (χ3v) is 3.94. The normalized spacial score (nSPS) is 11.0. The van der Waals surface area contributed by atoms with E-state index in [9.17, 15) is 4.79 Å². The lowest BCUT2D eigenvalue weighted by atomic mass is 9.99. The van der Waals surface area contributed by atoms with Gasteiger partial charge in [0.2, 0.25) is 0 Å². The van der Waals surface area contributed by atoms with Crippen molar-refractivity contribution in [2.24, 2.45) is 7.05 Å². The van der Waals surface area contributed by atoms with E-state index in [1.165, 1.54) is 0 Å². The highest BCUT2D eigenvalue weighted by atomic mass is 16.1. The molecule has 2 heterocycles. The first-order valence-electron chi connectivity index (χ1n) is 7.15. The predicted molar refractivity (Wildman–Crippen MR) is 90.6 cm³/mol. The average molecular weight is 294 g/mol. The minimum Gasteiger partial charge on any atom is -0.398 e. The van der Waals surface area contributed by atoms with Gasteiger partial charge >= 0.3 is 0 Å². The quantitative estimate of drug-likeness (QED) is 0.710. The molecule has 0 spiro atoms. The van der Waals surface area contributed by atoms with Crippen LogP contribution >= 0.6 is 0 Å². The molecule has 0 radical (unpaired) electrons. The van der Waals surface area contributed by atoms with Gasteiger partial charge in [-0.3, -0.25) is 4.79 Å². The average Bonchev–Trinajstić information content (AvgIpc) is 2.49. The fraction of sp³-hybridized carbons (Fsp3) is 0.176. The molecule has 0 aliphatic heterocycles. The fourth-order valence-electron chi connectivity index (χ4n) is 2.79. The summed E-state index contributed by atoms with van der Waals surface area (Å²) in [5.41, 5.74) is 15.4. The number of anilines is 2. The maximum Gasteiger partial charge on any atom is 0.250 e. The summed E-state index contributed by atoms with van der Waals surface area (Å²) < 4.78 is 1.66. The van der Waals surface area contributed by atoms with Gasteiger partial charge in [-0.2, -0.15) is 0 Å². The van der Waals surface area contributed by atoms with Crippen LogP contribution in [0, 0.1) is 0 Å². The number of benzene rings is 1. The fourth-order valence-corrected chi connectivity index (χ4v) is 2.79. The topological polar surface area (TPSA) is 86.9 Å². The van der Waals surface area contributed by atoms with E-state index in [-0.39, 0.29) is 5.56 Å². The molecule has 0 saturated heterocycles. The predicted octanol–water partition coefficient (Wildman–Crippen LogP) is 2.33. The number of aromatic nitrogens is 2. The second-order valence-corrected chi connectivity index (χ2v) is 5.35. The lowest BCUT2D eigenvalue weighted by Gasteiger charge is -2.15. The number of rotatable bonds is 2. The minimum atomic E-state index is -0.0416. The number of aryl methyl sites for hydroxylation is 1. The highest BCUT2D eigenvalue weighted by Crippen LogP contribution is 2.31. The molecule has 0 aliphatic carbocycles. The van der Waals surface area contributed by atoms with Gasteiger partial charge in [-0.1, -0.05) is 13.0 Å². The van der Waals surface area contributed by atoms with Crippen molar-refractivity contribution < 1.29 is 0 Å². The molecule has 0 aliphatic rings. The zero-order valence-electron chi connectivity index (χ0n) is 12.6. The Hall–Kier alpha value is -2.82. The van der Waals surface area contributed by atoms with Crippen LogP contribution in [0.1, 0.15) is 12.5 Å². The molecule has 5 heteroatoms. The van der Waals surface area contributed by atoms with Crippen molar-refractivity contribution in [2.45, 2.75) is 13.3 Å². The second kappa shape index (κ2) is 5.18. The van der Waals surface area contributed by atoms with Crippen LogP contribution in [0.4, 0.5) is 11.5 Å². The third-order valence-electron chi connectivity index (χ3n) is 3.94. The molecule has 0 unspecified atom stereocenters. The first-order valence-corrected chi connectivity index (χ1v) is 7.15. The SMILES string of the molecule is CCc1ccc(=O)n(C)c1-c1cc(N)c2cnc(N)cc2c1. The Labute approximate surface area is 128 Å². The molecule has 0 amide bonds. The summed E-state index contributed by atoms with van der Waals surface area (Å²) in [5, 5.41) is 1.78. The molecular formula is C17H18N4O. The highest BCUT2D eigenvalue weighted by molar-refractivity contribution is 5.97. The zero-order valence-corrected chi connectivity index (χ0v) is 12.6. The maximum absolute atomic E-state index is 12.0. The van der Waals surface area contributed by atoms with Crippen molar-refractivity contribution in [1.82, 2.24) is 9.55 Å². The number of nitrogens with two attached hydrogens (primary N) is 2. The smallest absolute Gasteiger partial charge is 0.250 e. The van der Waals surface area contributed by atoms with Crippen LogP contribution < -0.4 is 17.0 Å². The van der Waals surface area contributed by atoms with Gasteiger partial charge in [-0.05, 0) is 35.6 Å². The van der Waals surface area contributed by atoms with Crippen molar-refractivity contribution in [3.63, 3.8) is 0 Å². The summed E-state index contributed by atoms with van der Waals surface area (Å²) in [6.07, 6.45) is 2.51. The van der Waals surface area contributed by atoms with Gasteiger partial charge in [-0.15, -0.1) is 0 Å². The van der Waals surface area contributed by atoms with Crippen molar-refractivity contribution in [3.05, 3.63) is 52.4 Å². The molecule has 0 atom stereocenters. The van der Waals surface area contributed by atoms with E-state index in [0.717, 1.165) is 34.0 Å². The summed E-state index contributed by atoms with van der Waals surface area (Å²) >= 11 is 0. The lowest BCUT2D eigenvalue weighted by molar-refractivity contribution is 0.853. The molecule has 0 bridgehead atoms. The highest BCUT2D eigenvalue weighted by Gasteiger charge is 2.11. The number of fused-ring (bicyclic) bond motifs is 1. The molecule has 22 heavy (non-hydrogen) atoms. The third kappa shape index (κ3) is 2.20. The van der Waals surface area contributed by atoms with Gasteiger partial charge in [0.25, 0.3) is 5.56 Å². The summed E-state index contributed by atoms with van der Waals surface area (Å²) in [7, 11) is 1.78. The van der Waals surface area contributed by atoms with Crippen LogP contribution in [-0.4, -0.2) is 9.55 Å².